The molecule has 6 heteroatoms. The van der Waals surface area contributed by atoms with E-state index in [1.54, 1.807) is 6.07 Å². The Labute approximate surface area is 127 Å². The van der Waals surface area contributed by atoms with Gasteiger partial charge in [0.1, 0.15) is 18.2 Å². The van der Waals surface area contributed by atoms with E-state index in [0.29, 0.717) is 12.4 Å². The zero-order valence-electron chi connectivity index (χ0n) is 11.8. The van der Waals surface area contributed by atoms with Crippen LogP contribution in [0.1, 0.15) is 17.7 Å². The van der Waals surface area contributed by atoms with Crippen LogP contribution in [0.3, 0.4) is 0 Å². The molecule has 0 amide bonds. The molecule has 4 nitrogen and oxygen atoms in total. The van der Waals surface area contributed by atoms with E-state index in [0.717, 1.165) is 37.4 Å². The summed E-state index contributed by atoms with van der Waals surface area (Å²) in [5, 5.41) is 7.48. The molecule has 0 saturated carbocycles. The van der Waals surface area contributed by atoms with Gasteiger partial charge in [0.05, 0.1) is 11.6 Å². The number of benzene rings is 1. The van der Waals surface area contributed by atoms with E-state index in [-0.39, 0.29) is 5.02 Å². The number of fused-ring (bicyclic) bond motifs is 1. The van der Waals surface area contributed by atoms with E-state index in [9.17, 15) is 4.39 Å². The highest BCUT2D eigenvalue weighted by molar-refractivity contribution is 6.30. The van der Waals surface area contributed by atoms with E-state index < -0.39 is 5.82 Å². The van der Waals surface area contributed by atoms with Crippen molar-refractivity contribution < 1.29 is 9.13 Å². The summed E-state index contributed by atoms with van der Waals surface area (Å²) >= 11 is 5.73. The number of nitrogens with zero attached hydrogens (tertiary/aromatic N) is 2. The van der Waals surface area contributed by atoms with Gasteiger partial charge in [0.15, 0.2) is 5.82 Å². The topological polar surface area (TPSA) is 41.2 Å². The lowest BCUT2D eigenvalue weighted by molar-refractivity contribution is 0.322. The van der Waals surface area contributed by atoms with Crippen LogP contribution in [0.5, 0.6) is 5.75 Å². The summed E-state index contributed by atoms with van der Waals surface area (Å²) in [6.45, 7) is 4.27. The Hall–Kier alpha value is -1.75. The third-order valence-electron chi connectivity index (χ3n) is 3.73. The van der Waals surface area contributed by atoms with Crippen molar-refractivity contribution in [1.82, 2.24) is 10.2 Å². The molecule has 0 aliphatic carbocycles. The molecule has 1 N–H and O–H groups in total. The van der Waals surface area contributed by atoms with Crippen molar-refractivity contribution in [2.45, 2.75) is 19.8 Å². The van der Waals surface area contributed by atoms with E-state index in [4.69, 9.17) is 16.3 Å². The quantitative estimate of drug-likeness (QED) is 0.941. The molecule has 0 radical (unpaired) electrons. The van der Waals surface area contributed by atoms with E-state index in [1.165, 1.54) is 17.7 Å². The van der Waals surface area contributed by atoms with Gasteiger partial charge in [-0.1, -0.05) is 11.6 Å². The fourth-order valence-electron chi connectivity index (χ4n) is 2.61. The third-order valence-corrected chi connectivity index (χ3v) is 4.02. The Kier molecular flexibility index (Phi) is 4.01. The van der Waals surface area contributed by atoms with Crippen LogP contribution in [0.2, 0.25) is 5.02 Å². The number of aromatic amines is 1. The SMILES string of the molecule is Cc1[nH]nc2c1CCCN2CCOc1ccc(F)c(Cl)c1. The van der Waals surface area contributed by atoms with Crippen LogP contribution >= 0.6 is 11.6 Å². The summed E-state index contributed by atoms with van der Waals surface area (Å²) < 4.78 is 18.7. The van der Waals surface area contributed by atoms with Crippen molar-refractivity contribution in [2.24, 2.45) is 0 Å². The maximum atomic E-state index is 13.1. The number of rotatable bonds is 4. The Balaban J connectivity index is 1.60. The maximum absolute atomic E-state index is 13.1. The minimum atomic E-state index is -0.434. The van der Waals surface area contributed by atoms with Gasteiger partial charge in [-0.15, -0.1) is 0 Å². The Morgan fingerprint density at radius 3 is 3.14 bits per heavy atom. The van der Waals surface area contributed by atoms with Crippen LogP contribution in [-0.4, -0.2) is 29.9 Å². The number of hydrogen-bond donors (Lipinski definition) is 1. The predicted octanol–water partition coefficient (Wildman–Crippen LogP) is 3.34. The number of hydrogen-bond acceptors (Lipinski definition) is 3. The number of nitrogens with one attached hydrogen (secondary N) is 1. The molecular weight excluding hydrogens is 293 g/mol. The van der Waals surface area contributed by atoms with E-state index in [2.05, 4.69) is 15.1 Å². The first-order valence-electron chi connectivity index (χ1n) is 7.02. The number of H-pyrrole nitrogens is 1. The van der Waals surface area contributed by atoms with Crippen LogP contribution in [0.4, 0.5) is 10.2 Å². The van der Waals surface area contributed by atoms with E-state index >= 15 is 0 Å². The normalized spacial score (nSPS) is 14.1. The molecule has 21 heavy (non-hydrogen) atoms. The smallest absolute Gasteiger partial charge is 0.153 e. The molecule has 2 heterocycles. The minimum Gasteiger partial charge on any atom is -0.492 e. The van der Waals surface area contributed by atoms with Gasteiger partial charge in [-0.2, -0.15) is 5.10 Å². The van der Waals surface area contributed by atoms with Crippen LogP contribution in [-0.2, 0) is 6.42 Å². The van der Waals surface area contributed by atoms with Gasteiger partial charge in [0.25, 0.3) is 0 Å². The van der Waals surface area contributed by atoms with Crippen LogP contribution in [0.25, 0.3) is 0 Å². The first-order valence-corrected chi connectivity index (χ1v) is 7.39. The largest absolute Gasteiger partial charge is 0.492 e. The summed E-state index contributed by atoms with van der Waals surface area (Å²) in [5.41, 5.74) is 2.44. The van der Waals surface area contributed by atoms with Crippen LogP contribution < -0.4 is 9.64 Å². The monoisotopic (exact) mass is 309 g/mol. The summed E-state index contributed by atoms with van der Waals surface area (Å²) in [7, 11) is 0. The molecular formula is C15H17ClFN3O. The Morgan fingerprint density at radius 1 is 1.48 bits per heavy atom. The van der Waals surface area contributed by atoms with Gasteiger partial charge < -0.3 is 9.64 Å². The zero-order chi connectivity index (χ0) is 14.8. The van der Waals surface area contributed by atoms with Gasteiger partial charge in [-0.25, -0.2) is 4.39 Å². The molecule has 0 atom stereocenters. The molecule has 1 aromatic heterocycles. The highest BCUT2D eigenvalue weighted by Gasteiger charge is 2.21. The van der Waals surface area contributed by atoms with Crippen molar-refractivity contribution in [3.63, 3.8) is 0 Å². The van der Waals surface area contributed by atoms with Crippen molar-refractivity contribution in [2.75, 3.05) is 24.6 Å². The zero-order valence-corrected chi connectivity index (χ0v) is 12.6. The highest BCUT2D eigenvalue weighted by atomic mass is 35.5. The Bertz CT molecular complexity index is 644. The average molecular weight is 310 g/mol. The number of halogens is 2. The average Bonchev–Trinajstić information content (AvgIpc) is 2.86. The van der Waals surface area contributed by atoms with Gasteiger partial charge in [-0.05, 0) is 31.9 Å². The van der Waals surface area contributed by atoms with Crippen molar-refractivity contribution in [1.29, 1.82) is 0 Å². The van der Waals surface area contributed by atoms with Crippen molar-refractivity contribution in [3.8, 4) is 5.75 Å². The van der Waals surface area contributed by atoms with E-state index in [1.807, 2.05) is 6.92 Å². The van der Waals surface area contributed by atoms with Crippen LogP contribution in [0, 0.1) is 12.7 Å². The molecule has 1 aliphatic rings. The molecule has 112 valence electrons. The molecule has 1 aromatic carbocycles. The Morgan fingerprint density at radius 2 is 2.33 bits per heavy atom. The predicted molar refractivity (Wildman–Crippen MR) is 80.8 cm³/mol. The van der Waals surface area contributed by atoms with Gasteiger partial charge >= 0.3 is 0 Å². The number of anilines is 1. The lowest BCUT2D eigenvalue weighted by Crippen LogP contribution is -2.33. The molecule has 0 spiro atoms. The molecule has 0 saturated heterocycles. The molecule has 0 fully saturated rings. The standard InChI is InChI=1S/C15H17ClFN3O/c1-10-12-3-2-6-20(15(12)19-18-10)7-8-21-11-4-5-14(17)13(16)9-11/h4-5,9H,2-3,6-8H2,1H3,(H,18,19). The summed E-state index contributed by atoms with van der Waals surface area (Å²) in [6.07, 6.45) is 2.19. The van der Waals surface area contributed by atoms with Crippen molar-refractivity contribution >= 4 is 17.4 Å². The fourth-order valence-corrected chi connectivity index (χ4v) is 2.78. The third kappa shape index (κ3) is 2.97. The molecule has 2 aromatic rings. The number of aryl methyl sites for hydroxylation is 1. The van der Waals surface area contributed by atoms with Gasteiger partial charge in [0.2, 0.25) is 0 Å². The maximum Gasteiger partial charge on any atom is 0.153 e. The second-order valence-corrected chi connectivity index (χ2v) is 5.57. The molecule has 0 bridgehead atoms. The molecule has 3 rings (SSSR count). The minimum absolute atomic E-state index is 0.0793. The fraction of sp³-hybridized carbons (Fsp3) is 0.400. The second-order valence-electron chi connectivity index (χ2n) is 5.17. The van der Waals surface area contributed by atoms with Gasteiger partial charge in [0, 0.05) is 23.9 Å². The van der Waals surface area contributed by atoms with Crippen molar-refractivity contribution in [3.05, 3.63) is 40.3 Å². The first-order chi connectivity index (χ1) is 10.1. The number of ether oxygens (including phenoxy) is 1. The van der Waals surface area contributed by atoms with Crippen LogP contribution in [0.15, 0.2) is 18.2 Å². The molecule has 1 aliphatic heterocycles. The summed E-state index contributed by atoms with van der Waals surface area (Å²) in [4.78, 5) is 2.22. The summed E-state index contributed by atoms with van der Waals surface area (Å²) in [6, 6.07) is 4.40. The van der Waals surface area contributed by atoms with Gasteiger partial charge in [-0.3, -0.25) is 5.10 Å². The summed E-state index contributed by atoms with van der Waals surface area (Å²) in [5.74, 6) is 1.17. The second kappa shape index (κ2) is 5.93. The lowest BCUT2D eigenvalue weighted by atomic mass is 10.1. The first kappa shape index (κ1) is 14.2. The lowest BCUT2D eigenvalue weighted by Gasteiger charge is -2.27. The highest BCUT2D eigenvalue weighted by Crippen LogP contribution is 2.27. The number of aromatic nitrogens is 2. The molecule has 0 unspecified atom stereocenters.